The first-order valence-corrected chi connectivity index (χ1v) is 18.5. The van der Waals surface area contributed by atoms with Crippen LogP contribution < -0.4 is 28.1 Å². The average molecular weight is 717 g/mol. The van der Waals surface area contributed by atoms with E-state index in [2.05, 4.69) is 83.3 Å². The molecule has 228 valence electrons. The van der Waals surface area contributed by atoms with Crippen molar-refractivity contribution in [3.05, 3.63) is 158 Å². The van der Waals surface area contributed by atoms with Gasteiger partial charge in [0.25, 0.3) is 0 Å². The van der Waals surface area contributed by atoms with E-state index in [-0.39, 0.29) is 47.8 Å². The predicted octanol–water partition coefficient (Wildman–Crippen LogP) is 3.85. The zero-order valence-electron chi connectivity index (χ0n) is 26.0. The summed E-state index contributed by atoms with van der Waals surface area (Å²) >= 11 is -3.10. The Hall–Kier alpha value is -2.97. The van der Waals surface area contributed by atoms with E-state index in [1.807, 2.05) is 36.4 Å². The molecule has 0 aliphatic heterocycles. The van der Waals surface area contributed by atoms with Gasteiger partial charge in [-0.05, 0) is 0 Å². The SMILES string of the molecule is C=Cc1ccc2c(c1)-c1cc(C=C)c[c]([Zr+2]([C]3=CC(C(C)(C)C)=CC3C)=[C](c3ccc(F)cc3)c3ccc(F)cc3)c1C2.[Cl-].[Cl-]. The maximum Gasteiger partial charge on any atom is -1.00 e. The first-order chi connectivity index (χ1) is 20.6. The summed E-state index contributed by atoms with van der Waals surface area (Å²) in [6.07, 6.45) is 9.58. The Morgan fingerprint density at radius 3 is 1.84 bits per heavy atom. The largest absolute Gasteiger partial charge is 1.00 e. The van der Waals surface area contributed by atoms with Gasteiger partial charge in [-0.1, -0.05) is 0 Å². The van der Waals surface area contributed by atoms with Crippen LogP contribution in [0.4, 0.5) is 8.78 Å². The second-order valence-electron chi connectivity index (χ2n) is 12.6. The van der Waals surface area contributed by atoms with Gasteiger partial charge in [-0.15, -0.1) is 0 Å². The third-order valence-electron chi connectivity index (χ3n) is 8.71. The number of halogens is 4. The molecule has 5 heteroatoms. The van der Waals surface area contributed by atoms with Crippen molar-refractivity contribution in [1.82, 2.24) is 0 Å². The second kappa shape index (κ2) is 13.8. The molecule has 6 rings (SSSR count). The monoisotopic (exact) mass is 714 g/mol. The van der Waals surface area contributed by atoms with Crippen molar-refractivity contribution in [2.75, 3.05) is 0 Å². The van der Waals surface area contributed by atoms with E-state index in [0.29, 0.717) is 0 Å². The van der Waals surface area contributed by atoms with Crippen LogP contribution >= 0.6 is 0 Å². The van der Waals surface area contributed by atoms with Gasteiger partial charge >= 0.3 is 263 Å². The average Bonchev–Trinajstić information content (AvgIpc) is 3.57. The minimum absolute atomic E-state index is 0. The van der Waals surface area contributed by atoms with Gasteiger partial charge in [0.2, 0.25) is 0 Å². The number of benzene rings is 4. The molecule has 0 spiro atoms. The number of rotatable bonds is 6. The van der Waals surface area contributed by atoms with Gasteiger partial charge in [-0.2, -0.15) is 0 Å². The summed E-state index contributed by atoms with van der Waals surface area (Å²) in [6.45, 7) is 17.3. The fourth-order valence-electron chi connectivity index (χ4n) is 6.38. The number of allylic oxidation sites excluding steroid dienone is 4. The van der Waals surface area contributed by atoms with Gasteiger partial charge in [-0.25, -0.2) is 0 Å². The van der Waals surface area contributed by atoms with Gasteiger partial charge in [0, 0.05) is 0 Å². The smallest absolute Gasteiger partial charge is 1.00 e. The molecular weight excluding hydrogens is 681 g/mol. The maximum atomic E-state index is 14.3. The Labute approximate surface area is 286 Å². The van der Waals surface area contributed by atoms with Crippen molar-refractivity contribution in [1.29, 1.82) is 0 Å². The first-order valence-electron chi connectivity index (χ1n) is 14.8. The molecule has 0 radical (unpaired) electrons. The van der Waals surface area contributed by atoms with E-state index in [1.165, 1.54) is 37.6 Å². The van der Waals surface area contributed by atoms with Crippen molar-refractivity contribution in [3.8, 4) is 11.1 Å². The second-order valence-corrected chi connectivity index (χ2v) is 18.4. The minimum atomic E-state index is -3.10. The molecule has 0 nitrogen and oxygen atoms in total. The van der Waals surface area contributed by atoms with Crippen molar-refractivity contribution in [2.45, 2.75) is 34.1 Å². The van der Waals surface area contributed by atoms with Crippen LogP contribution in [0.1, 0.15) is 61.1 Å². The zero-order chi connectivity index (χ0) is 30.5. The topological polar surface area (TPSA) is 0 Å². The van der Waals surface area contributed by atoms with Crippen LogP contribution in [0.2, 0.25) is 0 Å². The Morgan fingerprint density at radius 1 is 0.778 bits per heavy atom. The summed E-state index contributed by atoms with van der Waals surface area (Å²) in [7, 11) is 0. The van der Waals surface area contributed by atoms with E-state index in [9.17, 15) is 8.78 Å². The molecule has 4 aromatic rings. The summed E-state index contributed by atoms with van der Waals surface area (Å²) in [5.41, 5.74) is 10.8. The van der Waals surface area contributed by atoms with E-state index >= 15 is 0 Å². The Morgan fingerprint density at radius 2 is 1.33 bits per heavy atom. The Kier molecular flexibility index (Phi) is 10.7. The Bertz CT molecular complexity index is 1820. The fraction of sp³-hybridized carbons (Fsp3) is 0.175. The molecule has 0 saturated heterocycles. The van der Waals surface area contributed by atoms with Crippen molar-refractivity contribution >= 4 is 18.6 Å². The molecule has 0 N–H and O–H groups in total. The van der Waals surface area contributed by atoms with Crippen LogP contribution in [0.5, 0.6) is 0 Å². The molecule has 2 aliphatic carbocycles. The molecule has 45 heavy (non-hydrogen) atoms. The Balaban J connectivity index is 0.00000230. The molecule has 2 aliphatic rings. The van der Waals surface area contributed by atoms with Crippen LogP contribution in [-0.2, 0) is 27.7 Å². The van der Waals surface area contributed by atoms with Crippen LogP contribution in [0.3, 0.4) is 0 Å². The van der Waals surface area contributed by atoms with Gasteiger partial charge < -0.3 is 24.8 Å². The molecule has 0 fully saturated rings. The molecule has 0 bridgehead atoms. The summed E-state index contributed by atoms with van der Waals surface area (Å²) < 4.78 is 32.7. The van der Waals surface area contributed by atoms with Crippen LogP contribution in [0.25, 0.3) is 23.3 Å². The number of hydrogen-bond acceptors (Lipinski definition) is 0. The van der Waals surface area contributed by atoms with Crippen molar-refractivity contribution in [3.63, 3.8) is 0 Å². The van der Waals surface area contributed by atoms with Crippen molar-refractivity contribution < 1.29 is 54.9 Å². The van der Waals surface area contributed by atoms with Crippen molar-refractivity contribution in [2.24, 2.45) is 11.3 Å². The summed E-state index contributed by atoms with van der Waals surface area (Å²) in [5.74, 6) is -0.264. The van der Waals surface area contributed by atoms with Gasteiger partial charge in [-0.3, -0.25) is 0 Å². The summed E-state index contributed by atoms with van der Waals surface area (Å²) in [6, 6.07) is 25.0. The molecular formula is C40H36Cl2F2Zr. The first kappa shape index (κ1) is 34.9. The minimum Gasteiger partial charge on any atom is -1.00 e. The third kappa shape index (κ3) is 6.78. The molecule has 0 saturated carbocycles. The van der Waals surface area contributed by atoms with Crippen LogP contribution in [0, 0.1) is 23.0 Å². The summed E-state index contributed by atoms with van der Waals surface area (Å²) in [5, 5.41) is 0. The zero-order valence-corrected chi connectivity index (χ0v) is 30.0. The van der Waals surface area contributed by atoms with E-state index in [1.54, 1.807) is 24.3 Å². The quantitative estimate of drug-likeness (QED) is 0.251. The number of hydrogen-bond donors (Lipinski definition) is 0. The molecule has 0 amide bonds. The number of fused-ring (bicyclic) bond motifs is 3. The van der Waals surface area contributed by atoms with Crippen LogP contribution in [0.15, 0.2) is 113 Å². The third-order valence-corrected chi connectivity index (χ3v) is 16.7. The molecule has 4 aromatic carbocycles. The van der Waals surface area contributed by atoms with E-state index in [4.69, 9.17) is 0 Å². The maximum absolute atomic E-state index is 14.3. The van der Waals surface area contributed by atoms with Gasteiger partial charge in [0.15, 0.2) is 0 Å². The molecule has 1 unspecified atom stereocenters. The van der Waals surface area contributed by atoms with Gasteiger partial charge in [0.05, 0.1) is 0 Å². The van der Waals surface area contributed by atoms with E-state index < -0.39 is 21.3 Å². The molecule has 0 aromatic heterocycles. The summed E-state index contributed by atoms with van der Waals surface area (Å²) in [4.78, 5) is 0. The van der Waals surface area contributed by atoms with Gasteiger partial charge in [0.1, 0.15) is 0 Å². The predicted molar refractivity (Wildman–Crippen MR) is 175 cm³/mol. The fourth-order valence-corrected chi connectivity index (χ4v) is 14.9. The van der Waals surface area contributed by atoms with Crippen LogP contribution in [-0.4, -0.2) is 3.21 Å². The standard InChI is InChI=1S/C17H13.C13H8F2.C10H15.2ClH.Zr/c1-3-12-5-7-14-11-15-8-6-13(4-2)10-17(15)16(14)9-12;14-12-5-1-10(2-6-12)9-11-3-7-13(15)8-4-11;1-8-5-6-9(7-8)10(2,3)4;;;/h3-7,9-10H,1-2,11H2;1-8H;6-8H,1-4H3;2*1H;/q;;;;;+2/p-2. The van der Waals surface area contributed by atoms with E-state index in [0.717, 1.165) is 28.7 Å². The molecule has 1 atom stereocenters. The molecule has 0 heterocycles. The normalized spacial score (nSPS) is 14.5.